The third-order valence-electron chi connectivity index (χ3n) is 6.64. The minimum atomic E-state index is -1.49. The zero-order chi connectivity index (χ0) is 34.1. The maximum atomic E-state index is 13.4. The fraction of sp³-hybridized carbons (Fsp3) is 0.536. The Balaban J connectivity index is 3.22. The topological polar surface area (TPSA) is 306 Å². The maximum absolute atomic E-state index is 13.4. The van der Waals surface area contributed by atoms with Gasteiger partial charge < -0.3 is 53.8 Å². The van der Waals surface area contributed by atoms with Gasteiger partial charge in [0.15, 0.2) is 0 Å². The number of amides is 5. The number of carboxylic acids is 2. The first-order valence-electron chi connectivity index (χ1n) is 14.3. The van der Waals surface area contributed by atoms with Crippen molar-refractivity contribution in [2.45, 2.75) is 88.5 Å². The minimum absolute atomic E-state index is 0.0540. The van der Waals surface area contributed by atoms with E-state index in [0.29, 0.717) is 24.9 Å². The number of primary amides is 1. The van der Waals surface area contributed by atoms with Gasteiger partial charge in [0, 0.05) is 19.3 Å². The van der Waals surface area contributed by atoms with Crippen LogP contribution in [0.3, 0.4) is 0 Å². The predicted molar refractivity (Wildman–Crippen MR) is 159 cm³/mol. The summed E-state index contributed by atoms with van der Waals surface area (Å²) in [6.45, 7) is 1.52. The van der Waals surface area contributed by atoms with E-state index in [0.717, 1.165) is 0 Å². The number of carbonyl (C=O) groups is 7. The second kappa shape index (κ2) is 19.5. The first-order chi connectivity index (χ1) is 21.1. The normalized spacial score (nSPS) is 14.1. The van der Waals surface area contributed by atoms with Gasteiger partial charge in [0.2, 0.25) is 29.5 Å². The Morgan fingerprint density at radius 1 is 0.733 bits per heavy atom. The average molecular weight is 638 g/mol. The summed E-state index contributed by atoms with van der Waals surface area (Å²) in [5.41, 5.74) is 16.9. The number of carbonyl (C=O) groups excluding carboxylic acids is 5. The van der Waals surface area contributed by atoms with Crippen LogP contribution >= 0.6 is 0 Å². The lowest BCUT2D eigenvalue weighted by molar-refractivity contribution is -0.141. The lowest BCUT2D eigenvalue weighted by Crippen LogP contribution is -2.58. The van der Waals surface area contributed by atoms with Crippen molar-refractivity contribution in [2.24, 2.45) is 17.2 Å². The molecule has 0 aliphatic carbocycles. The quantitative estimate of drug-likeness (QED) is 0.0629. The number of hydrogen-bond acceptors (Lipinski definition) is 10. The van der Waals surface area contributed by atoms with Crippen LogP contribution in [0.1, 0.15) is 57.4 Å². The summed E-state index contributed by atoms with van der Waals surface area (Å²) in [5, 5.41) is 37.6. The van der Waals surface area contributed by atoms with E-state index in [-0.39, 0.29) is 31.4 Å². The van der Waals surface area contributed by atoms with Crippen LogP contribution in [0.5, 0.6) is 5.75 Å². The van der Waals surface area contributed by atoms with Gasteiger partial charge in [-0.3, -0.25) is 33.6 Å². The molecule has 0 fully saturated rings. The number of nitrogens with one attached hydrogen (secondary N) is 4. The molecule has 0 radical (unpaired) electrons. The van der Waals surface area contributed by atoms with E-state index in [9.17, 15) is 48.9 Å². The summed E-state index contributed by atoms with van der Waals surface area (Å²) in [6.07, 6.45) is -0.354. The Bertz CT molecular complexity index is 1190. The number of rotatable bonds is 21. The van der Waals surface area contributed by atoms with Crippen molar-refractivity contribution < 1.29 is 48.9 Å². The lowest BCUT2D eigenvalue weighted by Gasteiger charge is -2.26. The van der Waals surface area contributed by atoms with Gasteiger partial charge in [-0.15, -0.1) is 0 Å². The highest BCUT2D eigenvalue weighted by Gasteiger charge is 2.31. The molecule has 0 saturated carbocycles. The molecule has 0 bridgehead atoms. The van der Waals surface area contributed by atoms with E-state index in [1.165, 1.54) is 31.2 Å². The highest BCUT2D eigenvalue weighted by Crippen LogP contribution is 2.12. The number of benzene rings is 1. The molecule has 250 valence electrons. The van der Waals surface area contributed by atoms with E-state index < -0.39 is 84.5 Å². The van der Waals surface area contributed by atoms with E-state index in [4.69, 9.17) is 17.2 Å². The predicted octanol–water partition coefficient (Wildman–Crippen LogP) is -2.43. The summed E-state index contributed by atoms with van der Waals surface area (Å²) in [4.78, 5) is 86.0. The maximum Gasteiger partial charge on any atom is 0.325 e. The molecule has 5 amide bonds. The summed E-state index contributed by atoms with van der Waals surface area (Å²) in [7, 11) is 0. The van der Waals surface area contributed by atoms with Crippen LogP contribution in [-0.2, 0) is 40.0 Å². The molecule has 0 aromatic heterocycles. The second-order valence-electron chi connectivity index (χ2n) is 10.5. The van der Waals surface area contributed by atoms with Gasteiger partial charge in [0.25, 0.3) is 0 Å². The molecule has 0 heterocycles. The molecule has 0 saturated heterocycles. The molecular weight excluding hydrogens is 594 g/mol. The molecule has 5 atom stereocenters. The molecule has 17 nitrogen and oxygen atoms in total. The van der Waals surface area contributed by atoms with Crippen LogP contribution in [0.2, 0.25) is 0 Å². The number of aromatic hydroxyl groups is 1. The number of phenols is 1. The van der Waals surface area contributed by atoms with Crippen LogP contribution < -0.4 is 38.5 Å². The first-order valence-corrected chi connectivity index (χ1v) is 14.3. The number of aliphatic carboxylic acids is 2. The molecule has 0 aliphatic heterocycles. The second-order valence-corrected chi connectivity index (χ2v) is 10.5. The molecule has 13 N–H and O–H groups in total. The fourth-order valence-corrected chi connectivity index (χ4v) is 4.00. The monoisotopic (exact) mass is 637 g/mol. The zero-order valence-electron chi connectivity index (χ0n) is 25.0. The van der Waals surface area contributed by atoms with E-state index >= 15 is 0 Å². The van der Waals surface area contributed by atoms with Gasteiger partial charge >= 0.3 is 11.9 Å². The van der Waals surface area contributed by atoms with Crippen LogP contribution in [0.4, 0.5) is 0 Å². The molecule has 0 spiro atoms. The highest BCUT2D eigenvalue weighted by molar-refractivity contribution is 5.95. The standard InChI is InChI=1S/C28H43N7O10/c1-15(28(44)45)32-27(43)21(14-16-5-7-17(36)8-6-16)35-26(42)20(10-12-23(38)39)34-25(41)19(4-2-3-13-29)33-24(40)18(30)9-11-22(31)37/h5-8,15,18-21,36H,2-4,9-14,29-30H2,1H3,(H2,31,37)(H,32,43)(H,33,40)(H,34,41)(H,35,42)(H,38,39)(H,44,45). The molecule has 1 aromatic rings. The number of carboxylic acid groups (broad SMARTS) is 2. The van der Waals surface area contributed by atoms with Crippen LogP contribution in [0.15, 0.2) is 24.3 Å². The average Bonchev–Trinajstić information content (AvgIpc) is 2.97. The number of nitrogens with two attached hydrogens (primary N) is 3. The molecule has 1 rings (SSSR count). The van der Waals surface area contributed by atoms with Crippen LogP contribution in [-0.4, -0.2) is 93.5 Å². The molecule has 5 unspecified atom stereocenters. The van der Waals surface area contributed by atoms with Gasteiger partial charge in [0.05, 0.1) is 6.04 Å². The van der Waals surface area contributed by atoms with Gasteiger partial charge in [-0.25, -0.2) is 0 Å². The summed E-state index contributed by atoms with van der Waals surface area (Å²) in [6, 6.07) is -0.886. The van der Waals surface area contributed by atoms with Crippen molar-refractivity contribution in [1.29, 1.82) is 0 Å². The highest BCUT2D eigenvalue weighted by atomic mass is 16.4. The Labute approximate surface area is 259 Å². The van der Waals surface area contributed by atoms with Crippen LogP contribution in [0, 0.1) is 0 Å². The van der Waals surface area contributed by atoms with Gasteiger partial charge in [-0.2, -0.15) is 0 Å². The number of unbranched alkanes of at least 4 members (excludes halogenated alkanes) is 1. The minimum Gasteiger partial charge on any atom is -0.508 e. The Kier molecular flexibility index (Phi) is 16.6. The van der Waals surface area contributed by atoms with Crippen molar-refractivity contribution in [3.63, 3.8) is 0 Å². The van der Waals surface area contributed by atoms with E-state index in [1.54, 1.807) is 0 Å². The largest absolute Gasteiger partial charge is 0.508 e. The van der Waals surface area contributed by atoms with Crippen molar-refractivity contribution in [2.75, 3.05) is 6.54 Å². The Morgan fingerprint density at radius 3 is 1.80 bits per heavy atom. The SMILES string of the molecule is CC(NC(=O)C(Cc1ccc(O)cc1)NC(=O)C(CCC(=O)O)NC(=O)C(CCCCN)NC(=O)C(N)CCC(N)=O)C(=O)O. The van der Waals surface area contributed by atoms with Gasteiger partial charge in [-0.05, 0) is 63.3 Å². The Hall–Kier alpha value is -4.77. The van der Waals surface area contributed by atoms with Crippen LogP contribution in [0.25, 0.3) is 0 Å². The van der Waals surface area contributed by atoms with E-state index in [2.05, 4.69) is 21.3 Å². The smallest absolute Gasteiger partial charge is 0.325 e. The number of phenolic OH excluding ortho intramolecular Hbond substituents is 1. The molecule has 45 heavy (non-hydrogen) atoms. The summed E-state index contributed by atoms with van der Waals surface area (Å²) >= 11 is 0. The first kappa shape index (κ1) is 38.3. The molecule has 0 aliphatic rings. The fourth-order valence-electron chi connectivity index (χ4n) is 4.00. The van der Waals surface area contributed by atoms with Crippen molar-refractivity contribution in [3.05, 3.63) is 29.8 Å². The van der Waals surface area contributed by atoms with Crippen molar-refractivity contribution >= 4 is 41.5 Å². The molecule has 17 heteroatoms. The summed E-state index contributed by atoms with van der Waals surface area (Å²) < 4.78 is 0. The Morgan fingerprint density at radius 2 is 1.27 bits per heavy atom. The lowest BCUT2D eigenvalue weighted by atomic mass is 10.0. The van der Waals surface area contributed by atoms with Gasteiger partial charge in [0.1, 0.15) is 29.9 Å². The number of hydrogen-bond donors (Lipinski definition) is 10. The van der Waals surface area contributed by atoms with E-state index in [1.807, 2.05) is 0 Å². The molecular formula is C28H43N7O10. The third kappa shape index (κ3) is 15.0. The van der Waals surface area contributed by atoms with Crippen molar-refractivity contribution in [1.82, 2.24) is 21.3 Å². The third-order valence-corrected chi connectivity index (χ3v) is 6.64. The molecule has 1 aromatic carbocycles. The van der Waals surface area contributed by atoms with Crippen molar-refractivity contribution in [3.8, 4) is 5.75 Å². The zero-order valence-corrected chi connectivity index (χ0v) is 25.0. The summed E-state index contributed by atoms with van der Waals surface area (Å²) in [5.74, 6) is -6.74. The van der Waals surface area contributed by atoms with Gasteiger partial charge in [-0.1, -0.05) is 12.1 Å².